The molecule has 0 aliphatic carbocycles. The fourth-order valence-corrected chi connectivity index (χ4v) is 1.05. The third kappa shape index (κ3) is 11.9. The summed E-state index contributed by atoms with van der Waals surface area (Å²) in [6.07, 6.45) is -0.615. The zero-order valence-electron chi connectivity index (χ0n) is 12.0. The highest BCUT2D eigenvalue weighted by molar-refractivity contribution is 9.09. The fourth-order valence-electron chi connectivity index (χ4n) is 0.887. The Morgan fingerprint density at radius 1 is 1.10 bits per heavy atom. The molecule has 0 heterocycles. The minimum atomic E-state index is -0.615. The summed E-state index contributed by atoms with van der Waals surface area (Å²) in [6, 6.07) is 0. The molecule has 0 aliphatic rings. The van der Waals surface area contributed by atoms with E-state index in [9.17, 15) is 9.59 Å². The number of amides is 1. The molecule has 0 aromatic heterocycles. The van der Waals surface area contributed by atoms with Gasteiger partial charge in [0.1, 0.15) is 19.0 Å². The van der Waals surface area contributed by atoms with Gasteiger partial charge in [0.2, 0.25) is 0 Å². The van der Waals surface area contributed by atoms with Crippen molar-refractivity contribution in [1.29, 1.82) is 0 Å². The fraction of sp³-hybridized carbons (Fsp3) is 0.538. The molecule has 8 heteroatoms. The van der Waals surface area contributed by atoms with Crippen LogP contribution in [0, 0.1) is 0 Å². The summed E-state index contributed by atoms with van der Waals surface area (Å²) in [7, 11) is 0. The number of allylic oxidation sites excluding steroid dienone is 1. The van der Waals surface area contributed by atoms with E-state index in [4.69, 9.17) is 18.9 Å². The standard InChI is InChI=1S/C13H20BrNO6/c1-10(2)12(16)19-5-4-15-13(17)20-7-6-18-9-21-11(3)8-14/h1,3-9H2,2H3,(H,15,17). The monoisotopic (exact) mass is 365 g/mol. The first kappa shape index (κ1) is 19.5. The van der Waals surface area contributed by atoms with Crippen molar-refractivity contribution in [3.05, 3.63) is 24.5 Å². The lowest BCUT2D eigenvalue weighted by molar-refractivity contribution is -0.138. The highest BCUT2D eigenvalue weighted by Gasteiger charge is 2.04. The highest BCUT2D eigenvalue weighted by Crippen LogP contribution is 1.97. The molecule has 0 radical (unpaired) electrons. The maximum Gasteiger partial charge on any atom is 0.407 e. The molecule has 1 amide bonds. The molecule has 21 heavy (non-hydrogen) atoms. The molecule has 0 bridgehead atoms. The van der Waals surface area contributed by atoms with Crippen LogP contribution in [0.2, 0.25) is 0 Å². The Balaban J connectivity index is 3.41. The van der Waals surface area contributed by atoms with E-state index in [-0.39, 0.29) is 33.2 Å². The van der Waals surface area contributed by atoms with E-state index in [0.717, 1.165) is 0 Å². The lowest BCUT2D eigenvalue weighted by Crippen LogP contribution is -2.29. The third-order valence-corrected chi connectivity index (χ3v) is 2.53. The van der Waals surface area contributed by atoms with Gasteiger partial charge in [0.25, 0.3) is 0 Å². The van der Waals surface area contributed by atoms with Gasteiger partial charge in [-0.1, -0.05) is 29.1 Å². The quantitative estimate of drug-likeness (QED) is 0.150. The van der Waals surface area contributed by atoms with Crippen LogP contribution in [0.5, 0.6) is 0 Å². The SMILES string of the molecule is C=C(CBr)OCOCCOC(=O)NCCOC(=O)C(=C)C. The average Bonchev–Trinajstić information content (AvgIpc) is 2.46. The summed E-state index contributed by atoms with van der Waals surface area (Å²) in [5, 5.41) is 2.95. The molecule has 0 saturated carbocycles. The van der Waals surface area contributed by atoms with Crippen molar-refractivity contribution in [3.63, 3.8) is 0 Å². The van der Waals surface area contributed by atoms with Crippen molar-refractivity contribution in [1.82, 2.24) is 5.32 Å². The molecule has 1 N–H and O–H groups in total. The topological polar surface area (TPSA) is 83.1 Å². The number of nitrogens with one attached hydrogen (secondary N) is 1. The molecule has 0 unspecified atom stereocenters. The van der Waals surface area contributed by atoms with E-state index in [0.29, 0.717) is 16.7 Å². The van der Waals surface area contributed by atoms with Gasteiger partial charge in [-0.15, -0.1) is 0 Å². The van der Waals surface area contributed by atoms with Crippen LogP contribution in [-0.4, -0.2) is 50.6 Å². The van der Waals surface area contributed by atoms with Crippen molar-refractivity contribution in [2.24, 2.45) is 0 Å². The minimum absolute atomic E-state index is 0.0479. The predicted octanol–water partition coefficient (Wildman–Crippen LogP) is 1.73. The van der Waals surface area contributed by atoms with Crippen LogP contribution in [0.1, 0.15) is 6.92 Å². The highest BCUT2D eigenvalue weighted by atomic mass is 79.9. The molecule has 0 fully saturated rings. The largest absolute Gasteiger partial charge is 0.472 e. The molecule has 0 atom stereocenters. The van der Waals surface area contributed by atoms with E-state index in [1.807, 2.05) is 0 Å². The molecule has 0 aliphatic heterocycles. The summed E-state index contributed by atoms with van der Waals surface area (Å²) in [5.41, 5.74) is 0.305. The van der Waals surface area contributed by atoms with Gasteiger partial charge in [0.05, 0.1) is 18.5 Å². The normalized spacial score (nSPS) is 9.62. The number of alkyl carbamates (subject to hydrolysis) is 1. The Kier molecular flexibility index (Phi) is 11.3. The first-order chi connectivity index (χ1) is 9.97. The molecule has 120 valence electrons. The summed E-state index contributed by atoms with van der Waals surface area (Å²) in [4.78, 5) is 22.2. The van der Waals surface area contributed by atoms with E-state index in [1.54, 1.807) is 6.92 Å². The van der Waals surface area contributed by atoms with Crippen molar-refractivity contribution < 1.29 is 28.5 Å². The zero-order valence-corrected chi connectivity index (χ0v) is 13.6. The van der Waals surface area contributed by atoms with Gasteiger partial charge in [-0.05, 0) is 6.92 Å². The van der Waals surface area contributed by atoms with Gasteiger partial charge in [0.15, 0.2) is 6.79 Å². The van der Waals surface area contributed by atoms with Crippen LogP contribution < -0.4 is 5.32 Å². The van der Waals surface area contributed by atoms with Crippen LogP contribution in [0.3, 0.4) is 0 Å². The Labute approximate surface area is 132 Å². The Hall–Kier alpha value is -1.54. The van der Waals surface area contributed by atoms with E-state index < -0.39 is 12.1 Å². The maximum absolute atomic E-state index is 11.2. The average molecular weight is 366 g/mol. The smallest absolute Gasteiger partial charge is 0.407 e. The third-order valence-electron chi connectivity index (χ3n) is 1.91. The second-order valence-corrected chi connectivity index (χ2v) is 4.38. The van der Waals surface area contributed by atoms with Crippen LogP contribution in [0.15, 0.2) is 24.5 Å². The number of rotatable bonds is 11. The van der Waals surface area contributed by atoms with Gasteiger partial charge in [0, 0.05) is 5.57 Å². The van der Waals surface area contributed by atoms with Crippen LogP contribution in [0.25, 0.3) is 0 Å². The molecular weight excluding hydrogens is 346 g/mol. The molecule has 0 aromatic rings. The first-order valence-electron chi connectivity index (χ1n) is 6.15. The number of ether oxygens (including phenoxy) is 4. The minimum Gasteiger partial charge on any atom is -0.472 e. The summed E-state index contributed by atoms with van der Waals surface area (Å²) in [6.45, 7) is 9.12. The number of alkyl halides is 1. The molecule has 7 nitrogen and oxygen atoms in total. The van der Waals surface area contributed by atoms with Crippen molar-refractivity contribution in [3.8, 4) is 0 Å². The number of hydrogen-bond donors (Lipinski definition) is 1. The first-order valence-corrected chi connectivity index (χ1v) is 7.27. The predicted molar refractivity (Wildman–Crippen MR) is 80.0 cm³/mol. The van der Waals surface area contributed by atoms with Crippen molar-refractivity contribution in [2.45, 2.75) is 6.92 Å². The van der Waals surface area contributed by atoms with E-state index in [2.05, 4.69) is 34.4 Å². The molecule has 0 rings (SSSR count). The lowest BCUT2D eigenvalue weighted by atomic mass is 10.4. The maximum atomic E-state index is 11.2. The molecule has 0 spiro atoms. The van der Waals surface area contributed by atoms with Gasteiger partial charge in [-0.3, -0.25) is 0 Å². The van der Waals surface area contributed by atoms with Gasteiger partial charge < -0.3 is 24.3 Å². The number of carbonyl (C=O) groups excluding carboxylic acids is 2. The van der Waals surface area contributed by atoms with Gasteiger partial charge >= 0.3 is 12.1 Å². The summed E-state index contributed by atoms with van der Waals surface area (Å²) >= 11 is 3.17. The number of halogens is 1. The number of carbonyl (C=O) groups is 2. The van der Waals surface area contributed by atoms with Crippen LogP contribution in [0.4, 0.5) is 4.79 Å². The summed E-state index contributed by atoms with van der Waals surface area (Å²) in [5.74, 6) is 0.0570. The second kappa shape index (κ2) is 12.2. The van der Waals surface area contributed by atoms with Gasteiger partial charge in [-0.2, -0.15) is 0 Å². The lowest BCUT2D eigenvalue weighted by Gasteiger charge is -2.09. The molecule has 0 aromatic carbocycles. The molecular formula is C13H20BrNO6. The summed E-state index contributed by atoms with van der Waals surface area (Å²) < 4.78 is 19.7. The molecule has 0 saturated heterocycles. The second-order valence-electron chi connectivity index (χ2n) is 3.82. The van der Waals surface area contributed by atoms with E-state index in [1.165, 1.54) is 0 Å². The zero-order chi connectivity index (χ0) is 16.1. The number of hydrogen-bond acceptors (Lipinski definition) is 6. The Morgan fingerprint density at radius 2 is 1.81 bits per heavy atom. The number of esters is 1. The van der Waals surface area contributed by atoms with Gasteiger partial charge in [-0.25, -0.2) is 9.59 Å². The van der Waals surface area contributed by atoms with E-state index >= 15 is 0 Å². The Bertz CT molecular complexity index is 372. The van der Waals surface area contributed by atoms with Crippen LogP contribution >= 0.6 is 15.9 Å². The Morgan fingerprint density at radius 3 is 2.43 bits per heavy atom. The van der Waals surface area contributed by atoms with Crippen molar-refractivity contribution >= 4 is 28.0 Å². The van der Waals surface area contributed by atoms with Crippen molar-refractivity contribution in [2.75, 3.05) is 38.5 Å². The van der Waals surface area contributed by atoms with Crippen LogP contribution in [-0.2, 0) is 23.7 Å².